The minimum absolute atomic E-state index is 0.0612. The van der Waals surface area contributed by atoms with Crippen molar-refractivity contribution < 1.29 is 45.8 Å². The molecule has 15 heteroatoms. The fourth-order valence-electron chi connectivity index (χ4n) is 5.85. The Labute approximate surface area is 255 Å². The molecule has 3 unspecified atom stereocenters. The van der Waals surface area contributed by atoms with Gasteiger partial charge in [0.1, 0.15) is 5.75 Å². The van der Waals surface area contributed by atoms with E-state index in [1.165, 1.54) is 14.0 Å². The average molecular weight is 642 g/mol. The van der Waals surface area contributed by atoms with Crippen LogP contribution in [0.15, 0.2) is 53.5 Å². The van der Waals surface area contributed by atoms with Crippen LogP contribution in [0.4, 0.5) is 26.3 Å². The molecular formula is C30H33F6N5O4. The topological polar surface area (TPSA) is 89.9 Å². The number of carbonyl (C=O) groups is 1. The Morgan fingerprint density at radius 1 is 1.04 bits per heavy atom. The number of fused-ring (bicyclic) bond motifs is 1. The fourth-order valence-corrected chi connectivity index (χ4v) is 5.85. The largest absolute Gasteiger partial charge is 0.496 e. The first-order chi connectivity index (χ1) is 21.3. The predicted octanol–water partition coefficient (Wildman–Crippen LogP) is 4.47. The van der Waals surface area contributed by atoms with E-state index in [0.29, 0.717) is 49.6 Å². The van der Waals surface area contributed by atoms with E-state index in [1.807, 2.05) is 4.90 Å². The number of nitrogens with one attached hydrogen (secondary N) is 1. The van der Waals surface area contributed by atoms with E-state index in [-0.39, 0.29) is 42.3 Å². The first kappa shape index (κ1) is 32.6. The van der Waals surface area contributed by atoms with Gasteiger partial charge in [-0.1, -0.05) is 12.1 Å². The molecule has 0 aliphatic carbocycles. The van der Waals surface area contributed by atoms with Crippen LogP contribution in [-0.4, -0.2) is 90.6 Å². The van der Waals surface area contributed by atoms with E-state index in [4.69, 9.17) is 9.47 Å². The molecule has 0 radical (unpaired) electrons. The Morgan fingerprint density at radius 3 is 2.29 bits per heavy atom. The van der Waals surface area contributed by atoms with Crippen molar-refractivity contribution in [3.05, 3.63) is 70.8 Å². The van der Waals surface area contributed by atoms with Crippen LogP contribution in [0.2, 0.25) is 0 Å². The summed E-state index contributed by atoms with van der Waals surface area (Å²) in [4.78, 5) is 20.0. The van der Waals surface area contributed by atoms with Gasteiger partial charge in [-0.2, -0.15) is 26.3 Å². The first-order valence-corrected chi connectivity index (χ1v) is 14.3. The molecule has 3 atom stereocenters. The molecule has 2 aromatic carbocycles. The molecule has 9 nitrogen and oxygen atoms in total. The standard InChI is InChI=1S/C30H33F6N5O4/c1-18(42)39-7-9-40(10-8-39)27-15-25(22-5-3-4-6-26(22)44-2)41(43)24(23-16-37-17-38-28(23)45-27)13-19-11-20(29(31,32)33)14-21(12-19)30(34,35)36/h3-6,11-12,14-15,23-24,27,37,43H,7-10,13,16-17H2,1-2H3. The van der Waals surface area contributed by atoms with Gasteiger partial charge in [-0.05, 0) is 48.4 Å². The smallest absolute Gasteiger partial charge is 0.416 e. The van der Waals surface area contributed by atoms with Gasteiger partial charge >= 0.3 is 12.4 Å². The van der Waals surface area contributed by atoms with Gasteiger partial charge in [-0.15, -0.1) is 0 Å². The Hall–Kier alpha value is -3.82. The molecule has 244 valence electrons. The molecule has 3 heterocycles. The minimum Gasteiger partial charge on any atom is -0.496 e. The zero-order chi connectivity index (χ0) is 32.5. The SMILES string of the molecule is COc1ccccc1C1=CC(N2CCN(C(C)=O)CC2)OC2=NCNCC2C(Cc2cc(C(F)(F)F)cc(C(F)(F)F)c2)N1O. The lowest BCUT2D eigenvalue weighted by atomic mass is 9.89. The maximum atomic E-state index is 13.7. The van der Waals surface area contributed by atoms with E-state index < -0.39 is 48.1 Å². The highest BCUT2D eigenvalue weighted by atomic mass is 19.4. The van der Waals surface area contributed by atoms with Crippen LogP contribution in [0, 0.1) is 5.92 Å². The highest BCUT2D eigenvalue weighted by molar-refractivity contribution is 5.82. The number of piperazine rings is 1. The number of benzene rings is 2. The maximum Gasteiger partial charge on any atom is 0.416 e. The van der Waals surface area contributed by atoms with Crippen LogP contribution >= 0.6 is 0 Å². The van der Waals surface area contributed by atoms with Crippen molar-refractivity contribution in [1.82, 2.24) is 20.2 Å². The third-order valence-corrected chi connectivity index (χ3v) is 8.19. The number of amides is 1. The number of ether oxygens (including phenoxy) is 2. The van der Waals surface area contributed by atoms with Crippen LogP contribution in [-0.2, 0) is 28.3 Å². The minimum atomic E-state index is -5.03. The Kier molecular flexibility index (Phi) is 9.33. The molecule has 0 saturated carbocycles. The number of para-hydroxylation sites is 1. The van der Waals surface area contributed by atoms with Crippen LogP contribution in [0.3, 0.4) is 0 Å². The Balaban J connectivity index is 1.61. The number of aliphatic imine (C=N–C) groups is 1. The second-order valence-electron chi connectivity index (χ2n) is 11.0. The maximum absolute atomic E-state index is 13.7. The molecule has 3 aliphatic heterocycles. The lowest BCUT2D eigenvalue weighted by molar-refractivity contribution is -0.143. The highest BCUT2D eigenvalue weighted by Crippen LogP contribution is 2.39. The van der Waals surface area contributed by atoms with Gasteiger partial charge in [0.15, 0.2) is 12.1 Å². The Bertz CT molecular complexity index is 1420. The number of nitrogens with zero attached hydrogens (tertiary/aromatic N) is 4. The average Bonchev–Trinajstić information content (AvgIpc) is 3.00. The number of hydroxylamine groups is 2. The second kappa shape index (κ2) is 12.9. The van der Waals surface area contributed by atoms with Gasteiger partial charge < -0.3 is 14.4 Å². The molecular weight excluding hydrogens is 608 g/mol. The number of hydrogen-bond acceptors (Lipinski definition) is 8. The molecule has 5 rings (SSSR count). The van der Waals surface area contributed by atoms with Crippen LogP contribution in [0.1, 0.15) is 29.2 Å². The molecule has 1 amide bonds. The van der Waals surface area contributed by atoms with Gasteiger partial charge in [0.05, 0.1) is 42.6 Å². The Morgan fingerprint density at radius 2 is 1.69 bits per heavy atom. The van der Waals surface area contributed by atoms with E-state index in [0.717, 1.165) is 5.06 Å². The number of rotatable bonds is 5. The number of carbonyl (C=O) groups excluding carboxylic acids is 1. The zero-order valence-corrected chi connectivity index (χ0v) is 24.5. The van der Waals surface area contributed by atoms with Crippen molar-refractivity contribution in [3.63, 3.8) is 0 Å². The zero-order valence-electron chi connectivity index (χ0n) is 24.5. The van der Waals surface area contributed by atoms with E-state index in [9.17, 15) is 36.3 Å². The van der Waals surface area contributed by atoms with E-state index >= 15 is 0 Å². The van der Waals surface area contributed by atoms with Gasteiger partial charge in [0, 0.05) is 45.2 Å². The lowest BCUT2D eigenvalue weighted by Crippen LogP contribution is -2.56. The summed E-state index contributed by atoms with van der Waals surface area (Å²) in [5.41, 5.74) is -2.56. The van der Waals surface area contributed by atoms with Gasteiger partial charge in [0.25, 0.3) is 0 Å². The summed E-state index contributed by atoms with van der Waals surface area (Å²) in [6.07, 6.45) is -9.62. The highest BCUT2D eigenvalue weighted by Gasteiger charge is 2.42. The van der Waals surface area contributed by atoms with Gasteiger partial charge in [0.2, 0.25) is 5.91 Å². The van der Waals surface area contributed by atoms with Crippen molar-refractivity contribution in [3.8, 4) is 5.75 Å². The summed E-state index contributed by atoms with van der Waals surface area (Å²) >= 11 is 0. The molecule has 1 fully saturated rings. The van der Waals surface area contributed by atoms with Crippen LogP contribution < -0.4 is 10.1 Å². The summed E-state index contributed by atoms with van der Waals surface area (Å²) < 4.78 is 94.2. The molecule has 1 saturated heterocycles. The molecule has 0 bridgehead atoms. The van der Waals surface area contributed by atoms with Crippen LogP contribution in [0.25, 0.3) is 5.70 Å². The third-order valence-electron chi connectivity index (χ3n) is 8.19. The second-order valence-corrected chi connectivity index (χ2v) is 11.0. The number of halogens is 6. The molecule has 45 heavy (non-hydrogen) atoms. The molecule has 2 aromatic rings. The number of alkyl halides is 6. The van der Waals surface area contributed by atoms with Crippen molar-refractivity contribution in [1.29, 1.82) is 0 Å². The number of methoxy groups -OCH3 is 1. The summed E-state index contributed by atoms with van der Waals surface area (Å²) in [5, 5.41) is 15.9. The van der Waals surface area contributed by atoms with Crippen molar-refractivity contribution in [2.24, 2.45) is 10.9 Å². The third kappa shape index (κ3) is 7.20. The van der Waals surface area contributed by atoms with Gasteiger partial charge in [-0.3, -0.25) is 25.3 Å². The summed E-state index contributed by atoms with van der Waals surface area (Å²) in [7, 11) is 1.44. The lowest BCUT2D eigenvalue weighted by Gasteiger charge is -2.44. The quantitative estimate of drug-likeness (QED) is 0.466. The normalized spacial score (nSPS) is 23.3. The van der Waals surface area contributed by atoms with Gasteiger partial charge in [-0.25, -0.2) is 4.99 Å². The fraction of sp³-hybridized carbons (Fsp3) is 0.467. The van der Waals surface area contributed by atoms with E-state index in [2.05, 4.69) is 10.3 Å². The molecule has 3 aliphatic rings. The van der Waals surface area contributed by atoms with Crippen molar-refractivity contribution in [2.45, 2.75) is 38.0 Å². The van der Waals surface area contributed by atoms with E-state index in [1.54, 1.807) is 35.2 Å². The summed E-state index contributed by atoms with van der Waals surface area (Å²) in [5.74, 6) is -0.257. The van der Waals surface area contributed by atoms with Crippen molar-refractivity contribution in [2.75, 3.05) is 46.5 Å². The van der Waals surface area contributed by atoms with Crippen molar-refractivity contribution >= 4 is 17.5 Å². The molecule has 2 N–H and O–H groups in total. The molecule has 0 spiro atoms. The summed E-state index contributed by atoms with van der Waals surface area (Å²) in [6, 6.07) is 7.07. The molecule has 0 aromatic heterocycles. The monoisotopic (exact) mass is 641 g/mol. The number of hydrogen-bond donors (Lipinski definition) is 2. The first-order valence-electron chi connectivity index (χ1n) is 14.3. The van der Waals surface area contributed by atoms with Crippen LogP contribution in [0.5, 0.6) is 5.75 Å². The predicted molar refractivity (Wildman–Crippen MR) is 151 cm³/mol. The summed E-state index contributed by atoms with van der Waals surface area (Å²) in [6.45, 7) is 3.59.